The van der Waals surface area contributed by atoms with Crippen LogP contribution in [0.25, 0.3) is 11.0 Å². The minimum Gasteiger partial charge on any atom is -0.324 e. The summed E-state index contributed by atoms with van der Waals surface area (Å²) in [5, 5.41) is 3.07. The number of nitrogens with one attached hydrogen (secondary N) is 1. The van der Waals surface area contributed by atoms with Crippen LogP contribution in [-0.4, -0.2) is 33.0 Å². The maximum atomic E-state index is 13.0. The maximum Gasteiger partial charge on any atom is 0.329 e. The van der Waals surface area contributed by atoms with E-state index in [1.54, 1.807) is 9.13 Å². The Bertz CT molecular complexity index is 1120. The molecule has 3 aromatic rings. The van der Waals surface area contributed by atoms with Gasteiger partial charge in [-0.2, -0.15) is 0 Å². The number of imidazole rings is 1. The summed E-state index contributed by atoms with van der Waals surface area (Å²) >= 11 is 0. The van der Waals surface area contributed by atoms with E-state index in [1.807, 2.05) is 49.4 Å². The number of aryl methyl sites for hydroxylation is 1. The number of rotatable bonds is 8. The Morgan fingerprint density at radius 2 is 1.66 bits per heavy atom. The van der Waals surface area contributed by atoms with Crippen LogP contribution in [0.5, 0.6) is 0 Å². The predicted molar refractivity (Wildman–Crippen MR) is 130 cm³/mol. The predicted octanol–water partition coefficient (Wildman–Crippen LogP) is 4.62. The number of anilines is 1. The van der Waals surface area contributed by atoms with Crippen molar-refractivity contribution in [2.24, 2.45) is 0 Å². The van der Waals surface area contributed by atoms with Crippen molar-refractivity contribution in [2.45, 2.75) is 71.1 Å². The van der Waals surface area contributed by atoms with Crippen molar-refractivity contribution >= 4 is 22.6 Å². The smallest absolute Gasteiger partial charge is 0.324 e. The van der Waals surface area contributed by atoms with Gasteiger partial charge >= 0.3 is 5.69 Å². The molecule has 6 heteroatoms. The third-order valence-corrected chi connectivity index (χ3v) is 6.58. The topological polar surface area (TPSA) is 59.3 Å². The van der Waals surface area contributed by atoms with Crippen molar-refractivity contribution in [1.82, 2.24) is 14.0 Å². The number of carbonyl (C=O) groups is 1. The molecule has 0 atom stereocenters. The molecule has 1 fully saturated rings. The van der Waals surface area contributed by atoms with Gasteiger partial charge in [0.1, 0.15) is 6.54 Å². The van der Waals surface area contributed by atoms with E-state index in [0.29, 0.717) is 12.6 Å². The highest BCUT2D eigenvalue weighted by Crippen LogP contribution is 2.25. The zero-order chi connectivity index (χ0) is 22.5. The quantitative estimate of drug-likeness (QED) is 0.563. The zero-order valence-corrected chi connectivity index (χ0v) is 19.2. The molecular weight excluding hydrogens is 400 g/mol. The summed E-state index contributed by atoms with van der Waals surface area (Å²) in [6.07, 6.45) is 7.29. The van der Waals surface area contributed by atoms with E-state index in [0.717, 1.165) is 35.2 Å². The molecule has 6 nitrogen and oxygen atoms in total. The molecule has 4 rings (SSSR count). The zero-order valence-electron chi connectivity index (χ0n) is 19.2. The molecule has 0 radical (unpaired) electrons. The molecule has 1 heterocycles. The summed E-state index contributed by atoms with van der Waals surface area (Å²) in [6.45, 7) is 3.50. The lowest BCUT2D eigenvalue weighted by Crippen LogP contribution is -2.33. The lowest BCUT2D eigenvalue weighted by molar-refractivity contribution is -0.116. The summed E-state index contributed by atoms with van der Waals surface area (Å²) < 4.78 is 3.34. The number of benzene rings is 2. The van der Waals surface area contributed by atoms with Gasteiger partial charge in [0.05, 0.1) is 11.0 Å². The van der Waals surface area contributed by atoms with E-state index in [9.17, 15) is 9.59 Å². The Balaban J connectivity index is 1.51. The van der Waals surface area contributed by atoms with Crippen LogP contribution in [0.1, 0.15) is 51.0 Å². The number of amides is 1. The summed E-state index contributed by atoms with van der Waals surface area (Å²) in [4.78, 5) is 28.4. The molecule has 170 valence electrons. The molecule has 1 saturated carbocycles. The number of hydrogen-bond donors (Lipinski definition) is 1. The van der Waals surface area contributed by atoms with E-state index in [1.165, 1.54) is 32.1 Å². The summed E-state index contributed by atoms with van der Waals surface area (Å²) in [5.41, 5.74) is 3.47. The molecule has 1 N–H and O–H groups in total. The van der Waals surface area contributed by atoms with Crippen molar-refractivity contribution in [1.29, 1.82) is 0 Å². The van der Waals surface area contributed by atoms with Gasteiger partial charge in [0.25, 0.3) is 0 Å². The molecule has 1 amide bonds. The minimum absolute atomic E-state index is 0.00284. The number of aromatic nitrogens is 2. The first-order valence-corrected chi connectivity index (χ1v) is 11.8. The minimum atomic E-state index is -0.181. The number of hydrogen-bond acceptors (Lipinski definition) is 3. The normalized spacial score (nSPS) is 14.8. The summed E-state index contributed by atoms with van der Waals surface area (Å²) in [5.74, 6) is -0.181. The Morgan fingerprint density at radius 1 is 1.00 bits per heavy atom. The third kappa shape index (κ3) is 4.80. The monoisotopic (exact) mass is 434 g/mol. The Hall–Kier alpha value is -2.86. The number of fused-ring (bicyclic) bond motifs is 1. The number of para-hydroxylation sites is 3. The molecule has 1 aromatic heterocycles. The summed E-state index contributed by atoms with van der Waals surface area (Å²) in [7, 11) is 2.18. The van der Waals surface area contributed by atoms with Gasteiger partial charge in [-0.25, -0.2) is 4.79 Å². The largest absolute Gasteiger partial charge is 0.329 e. The fourth-order valence-electron chi connectivity index (χ4n) is 4.90. The second-order valence-electron chi connectivity index (χ2n) is 8.92. The Labute approximate surface area is 189 Å². The Morgan fingerprint density at radius 3 is 2.38 bits per heavy atom. The molecule has 32 heavy (non-hydrogen) atoms. The highest BCUT2D eigenvalue weighted by atomic mass is 16.2. The maximum absolute atomic E-state index is 13.0. The summed E-state index contributed by atoms with van der Waals surface area (Å²) in [6, 6.07) is 16.3. The standard InChI is InChI=1S/C26H34N4O2/c1-3-17-29-23-15-9-10-16-24(23)30(26(29)32)19-25(31)27-22-14-8-7-11-20(22)18-28(2)21-12-5-4-6-13-21/h7-11,14-16,21H,3-6,12-13,17-19H2,1-2H3,(H,27,31). The SMILES string of the molecule is CCCn1c(=O)n(CC(=O)Nc2ccccc2CN(C)C2CCCCC2)c2ccccc21. The van der Waals surface area contributed by atoms with Gasteiger partial charge in [-0.3, -0.25) is 18.8 Å². The molecular formula is C26H34N4O2. The van der Waals surface area contributed by atoms with Gasteiger partial charge in [-0.15, -0.1) is 0 Å². The van der Waals surface area contributed by atoms with Gasteiger partial charge in [0.2, 0.25) is 5.91 Å². The molecule has 1 aliphatic rings. The fraction of sp³-hybridized carbons (Fsp3) is 0.462. The first-order valence-electron chi connectivity index (χ1n) is 11.8. The van der Waals surface area contributed by atoms with Gasteiger partial charge in [0.15, 0.2) is 0 Å². The van der Waals surface area contributed by atoms with Crippen LogP contribution < -0.4 is 11.0 Å². The van der Waals surface area contributed by atoms with Crippen molar-refractivity contribution in [3.05, 3.63) is 64.6 Å². The van der Waals surface area contributed by atoms with Crippen LogP contribution >= 0.6 is 0 Å². The fourth-order valence-corrected chi connectivity index (χ4v) is 4.90. The van der Waals surface area contributed by atoms with Gasteiger partial charge in [-0.1, -0.05) is 56.5 Å². The van der Waals surface area contributed by atoms with Crippen LogP contribution in [0.3, 0.4) is 0 Å². The van der Waals surface area contributed by atoms with Crippen LogP contribution in [0.2, 0.25) is 0 Å². The van der Waals surface area contributed by atoms with E-state index < -0.39 is 0 Å². The van der Waals surface area contributed by atoms with E-state index in [4.69, 9.17) is 0 Å². The van der Waals surface area contributed by atoms with Gasteiger partial charge in [0, 0.05) is 24.8 Å². The highest BCUT2D eigenvalue weighted by Gasteiger charge is 2.20. The van der Waals surface area contributed by atoms with Crippen molar-refractivity contribution in [2.75, 3.05) is 12.4 Å². The van der Waals surface area contributed by atoms with Crippen molar-refractivity contribution in [3.8, 4) is 0 Å². The van der Waals surface area contributed by atoms with E-state index in [2.05, 4.69) is 23.3 Å². The lowest BCUT2D eigenvalue weighted by atomic mass is 9.94. The first-order chi connectivity index (χ1) is 15.6. The molecule has 0 bridgehead atoms. The van der Waals surface area contributed by atoms with Crippen LogP contribution in [0.15, 0.2) is 53.3 Å². The van der Waals surface area contributed by atoms with Crippen molar-refractivity contribution in [3.63, 3.8) is 0 Å². The highest BCUT2D eigenvalue weighted by molar-refractivity contribution is 5.92. The van der Waals surface area contributed by atoms with Crippen molar-refractivity contribution < 1.29 is 4.79 Å². The average molecular weight is 435 g/mol. The van der Waals surface area contributed by atoms with Crippen LogP contribution in [0.4, 0.5) is 5.69 Å². The van der Waals surface area contributed by atoms with Crippen LogP contribution in [-0.2, 0) is 24.4 Å². The third-order valence-electron chi connectivity index (χ3n) is 6.58. The molecule has 0 saturated heterocycles. The number of carbonyl (C=O) groups excluding carboxylic acids is 1. The second kappa shape index (κ2) is 10.2. The van der Waals surface area contributed by atoms with Crippen LogP contribution in [0, 0.1) is 0 Å². The van der Waals surface area contributed by atoms with Gasteiger partial charge in [-0.05, 0) is 50.1 Å². The van der Waals surface area contributed by atoms with E-state index >= 15 is 0 Å². The molecule has 1 aliphatic carbocycles. The average Bonchev–Trinajstić information content (AvgIpc) is 3.07. The second-order valence-corrected chi connectivity index (χ2v) is 8.92. The molecule has 2 aromatic carbocycles. The molecule has 0 spiro atoms. The molecule has 0 aliphatic heterocycles. The van der Waals surface area contributed by atoms with E-state index in [-0.39, 0.29) is 18.1 Å². The number of nitrogens with zero attached hydrogens (tertiary/aromatic N) is 3. The Kier molecular flexibility index (Phi) is 7.10. The van der Waals surface area contributed by atoms with Gasteiger partial charge < -0.3 is 5.32 Å². The molecule has 0 unspecified atom stereocenters. The lowest BCUT2D eigenvalue weighted by Gasteiger charge is -2.31. The first kappa shape index (κ1) is 22.3.